The van der Waals surface area contributed by atoms with Crippen molar-refractivity contribution in [2.24, 2.45) is 5.73 Å². The van der Waals surface area contributed by atoms with Crippen LogP contribution in [0.5, 0.6) is 0 Å². The van der Waals surface area contributed by atoms with Gasteiger partial charge < -0.3 is 5.73 Å². The molecule has 0 amide bonds. The van der Waals surface area contributed by atoms with Crippen LogP contribution in [0.25, 0.3) is 0 Å². The molecule has 1 aromatic carbocycles. The second-order valence-electron chi connectivity index (χ2n) is 4.56. The molecule has 2 rings (SSSR count). The summed E-state index contributed by atoms with van der Waals surface area (Å²) in [6.07, 6.45) is 0.961. The Labute approximate surface area is 113 Å². The third-order valence-electron chi connectivity index (χ3n) is 2.98. The number of hydrogen-bond donors (Lipinski definition) is 1. The molecular formula is C15H20N2S. The van der Waals surface area contributed by atoms with Crippen LogP contribution >= 0.6 is 11.3 Å². The van der Waals surface area contributed by atoms with E-state index in [1.165, 1.54) is 16.0 Å². The fourth-order valence-corrected chi connectivity index (χ4v) is 2.91. The van der Waals surface area contributed by atoms with Crippen LogP contribution in [-0.4, -0.2) is 18.5 Å². The zero-order chi connectivity index (χ0) is 12.8. The van der Waals surface area contributed by atoms with Crippen LogP contribution < -0.4 is 5.73 Å². The number of thiophene rings is 1. The van der Waals surface area contributed by atoms with Crippen molar-refractivity contribution in [3.8, 4) is 0 Å². The predicted octanol–water partition coefficient (Wildman–Crippen LogP) is 2.88. The Morgan fingerprint density at radius 1 is 1.06 bits per heavy atom. The third kappa shape index (κ3) is 3.67. The first-order valence-corrected chi connectivity index (χ1v) is 7.15. The van der Waals surface area contributed by atoms with Crippen LogP contribution in [0.4, 0.5) is 0 Å². The average molecular weight is 260 g/mol. The van der Waals surface area contributed by atoms with Crippen molar-refractivity contribution >= 4 is 11.3 Å². The van der Waals surface area contributed by atoms with Crippen LogP contribution in [0.1, 0.15) is 16.0 Å². The van der Waals surface area contributed by atoms with E-state index in [0.29, 0.717) is 6.54 Å². The SMILES string of the molecule is CN(Cc1cccs1)Cc1ccccc1CCN. The molecule has 0 unspecified atom stereocenters. The van der Waals surface area contributed by atoms with Gasteiger partial charge in [-0.05, 0) is 42.6 Å². The number of benzene rings is 1. The maximum atomic E-state index is 5.66. The summed E-state index contributed by atoms with van der Waals surface area (Å²) in [6.45, 7) is 2.70. The van der Waals surface area contributed by atoms with Gasteiger partial charge in [0.05, 0.1) is 0 Å². The molecule has 0 spiro atoms. The highest BCUT2D eigenvalue weighted by molar-refractivity contribution is 7.09. The normalized spacial score (nSPS) is 11.1. The van der Waals surface area contributed by atoms with Crippen molar-refractivity contribution in [3.05, 3.63) is 57.8 Å². The smallest absolute Gasteiger partial charge is 0.0328 e. The molecule has 0 saturated carbocycles. The van der Waals surface area contributed by atoms with Crippen LogP contribution in [0.15, 0.2) is 41.8 Å². The molecule has 0 aliphatic rings. The van der Waals surface area contributed by atoms with E-state index in [9.17, 15) is 0 Å². The summed E-state index contributed by atoms with van der Waals surface area (Å²) < 4.78 is 0. The number of nitrogens with two attached hydrogens (primary N) is 1. The van der Waals surface area contributed by atoms with Crippen LogP contribution in [0, 0.1) is 0 Å². The monoisotopic (exact) mass is 260 g/mol. The largest absolute Gasteiger partial charge is 0.330 e. The van der Waals surface area contributed by atoms with Crippen molar-refractivity contribution in [2.45, 2.75) is 19.5 Å². The summed E-state index contributed by atoms with van der Waals surface area (Å²) in [7, 11) is 2.17. The van der Waals surface area contributed by atoms with Crippen LogP contribution in [0.3, 0.4) is 0 Å². The first-order valence-electron chi connectivity index (χ1n) is 6.27. The number of hydrogen-bond acceptors (Lipinski definition) is 3. The lowest BCUT2D eigenvalue weighted by atomic mass is 10.0. The minimum absolute atomic E-state index is 0.714. The van der Waals surface area contributed by atoms with Crippen molar-refractivity contribution in [3.63, 3.8) is 0 Å². The first kappa shape index (κ1) is 13.3. The molecule has 2 N–H and O–H groups in total. The molecule has 96 valence electrons. The van der Waals surface area contributed by atoms with E-state index in [1.54, 1.807) is 0 Å². The molecule has 0 aliphatic heterocycles. The molecule has 0 atom stereocenters. The van der Waals surface area contributed by atoms with E-state index in [-0.39, 0.29) is 0 Å². The van der Waals surface area contributed by atoms with Crippen molar-refractivity contribution in [2.75, 3.05) is 13.6 Å². The molecule has 0 radical (unpaired) electrons. The molecule has 1 heterocycles. The Morgan fingerprint density at radius 3 is 2.50 bits per heavy atom. The summed E-state index contributed by atoms with van der Waals surface area (Å²) >= 11 is 1.81. The van der Waals surface area contributed by atoms with Gasteiger partial charge in [-0.2, -0.15) is 0 Å². The summed E-state index contributed by atoms with van der Waals surface area (Å²) in [6, 6.07) is 12.9. The molecule has 18 heavy (non-hydrogen) atoms. The first-order chi connectivity index (χ1) is 8.79. The third-order valence-corrected chi connectivity index (χ3v) is 3.84. The lowest BCUT2D eigenvalue weighted by Gasteiger charge is -2.18. The fraction of sp³-hybridized carbons (Fsp3) is 0.333. The minimum atomic E-state index is 0.714. The summed E-state index contributed by atoms with van der Waals surface area (Å²) in [5, 5.41) is 2.13. The Hall–Kier alpha value is -1.16. The highest BCUT2D eigenvalue weighted by Gasteiger charge is 2.06. The quantitative estimate of drug-likeness (QED) is 0.865. The summed E-state index contributed by atoms with van der Waals surface area (Å²) in [4.78, 5) is 3.76. The highest BCUT2D eigenvalue weighted by atomic mass is 32.1. The summed E-state index contributed by atoms with van der Waals surface area (Å²) in [5.41, 5.74) is 8.42. The van der Waals surface area contributed by atoms with Gasteiger partial charge in [0.15, 0.2) is 0 Å². The lowest BCUT2D eigenvalue weighted by Crippen LogP contribution is -2.18. The van der Waals surface area contributed by atoms with Gasteiger partial charge in [0.25, 0.3) is 0 Å². The van der Waals surface area contributed by atoms with Gasteiger partial charge in [-0.25, -0.2) is 0 Å². The van der Waals surface area contributed by atoms with E-state index < -0.39 is 0 Å². The van der Waals surface area contributed by atoms with Gasteiger partial charge in [0, 0.05) is 18.0 Å². The van der Waals surface area contributed by atoms with Gasteiger partial charge in [0.2, 0.25) is 0 Å². The Balaban J connectivity index is 2.00. The molecule has 2 nitrogen and oxygen atoms in total. The second kappa shape index (κ2) is 6.69. The van der Waals surface area contributed by atoms with Gasteiger partial charge in [-0.3, -0.25) is 4.90 Å². The molecule has 1 aromatic heterocycles. The number of rotatable bonds is 6. The molecule has 0 saturated heterocycles. The van der Waals surface area contributed by atoms with E-state index in [4.69, 9.17) is 5.73 Å². The zero-order valence-corrected chi connectivity index (χ0v) is 11.6. The van der Waals surface area contributed by atoms with E-state index >= 15 is 0 Å². The summed E-state index contributed by atoms with van der Waals surface area (Å²) in [5.74, 6) is 0. The van der Waals surface area contributed by atoms with Gasteiger partial charge >= 0.3 is 0 Å². The maximum absolute atomic E-state index is 5.66. The van der Waals surface area contributed by atoms with Crippen molar-refractivity contribution in [1.29, 1.82) is 0 Å². The van der Waals surface area contributed by atoms with Gasteiger partial charge in [-0.1, -0.05) is 30.3 Å². The standard InChI is InChI=1S/C15H20N2S/c1-17(12-15-7-4-10-18-15)11-14-6-3-2-5-13(14)8-9-16/h2-7,10H,8-9,11-12,16H2,1H3. The molecule has 0 bridgehead atoms. The molecule has 3 heteroatoms. The average Bonchev–Trinajstić information content (AvgIpc) is 2.84. The lowest BCUT2D eigenvalue weighted by molar-refractivity contribution is 0.321. The Bertz CT molecular complexity index is 465. The van der Waals surface area contributed by atoms with Crippen molar-refractivity contribution < 1.29 is 0 Å². The highest BCUT2D eigenvalue weighted by Crippen LogP contribution is 2.15. The minimum Gasteiger partial charge on any atom is -0.330 e. The molecular weight excluding hydrogens is 240 g/mol. The van der Waals surface area contributed by atoms with E-state index in [0.717, 1.165) is 19.5 Å². The topological polar surface area (TPSA) is 29.3 Å². The van der Waals surface area contributed by atoms with Gasteiger partial charge in [0.1, 0.15) is 0 Å². The second-order valence-corrected chi connectivity index (χ2v) is 5.59. The maximum Gasteiger partial charge on any atom is 0.0328 e. The van der Waals surface area contributed by atoms with Crippen LogP contribution in [0.2, 0.25) is 0 Å². The predicted molar refractivity (Wildman–Crippen MR) is 78.7 cm³/mol. The van der Waals surface area contributed by atoms with Gasteiger partial charge in [-0.15, -0.1) is 11.3 Å². The van der Waals surface area contributed by atoms with Crippen molar-refractivity contribution in [1.82, 2.24) is 4.90 Å². The molecule has 0 aliphatic carbocycles. The fourth-order valence-electron chi connectivity index (χ4n) is 2.13. The Morgan fingerprint density at radius 2 is 1.83 bits per heavy atom. The van der Waals surface area contributed by atoms with E-state index in [1.807, 2.05) is 11.3 Å². The zero-order valence-electron chi connectivity index (χ0n) is 10.8. The molecule has 0 fully saturated rings. The molecule has 2 aromatic rings. The Kier molecular flexibility index (Phi) is 4.93. The van der Waals surface area contributed by atoms with Crippen LogP contribution in [-0.2, 0) is 19.5 Å². The number of nitrogens with zero attached hydrogens (tertiary/aromatic N) is 1. The van der Waals surface area contributed by atoms with E-state index in [2.05, 4.69) is 53.7 Å².